The lowest BCUT2D eigenvalue weighted by atomic mass is 9.87. The molecule has 0 spiro atoms. The number of benzene rings is 1. The van der Waals surface area contributed by atoms with Crippen molar-refractivity contribution in [1.82, 2.24) is 4.90 Å². The molecule has 0 aromatic heterocycles. The predicted octanol–water partition coefficient (Wildman–Crippen LogP) is 2.24. The van der Waals surface area contributed by atoms with Crippen molar-refractivity contribution in [3.63, 3.8) is 0 Å². The summed E-state index contributed by atoms with van der Waals surface area (Å²) in [6.45, 7) is 7.02. The van der Waals surface area contributed by atoms with Crippen LogP contribution in [-0.2, 0) is 4.74 Å². The highest BCUT2D eigenvalue weighted by atomic mass is 35.5. The van der Waals surface area contributed by atoms with Crippen LogP contribution in [0, 0.1) is 5.41 Å². The molecule has 1 heterocycles. The van der Waals surface area contributed by atoms with Crippen LogP contribution in [0.5, 0.6) is 0 Å². The minimum absolute atomic E-state index is 0.0548. The molecule has 1 aliphatic heterocycles. The third-order valence-corrected chi connectivity index (χ3v) is 4.38. The quantitative estimate of drug-likeness (QED) is 0.806. The lowest BCUT2D eigenvalue weighted by Gasteiger charge is -2.40. The van der Waals surface area contributed by atoms with Crippen LogP contribution in [0.15, 0.2) is 18.2 Å². The summed E-state index contributed by atoms with van der Waals surface area (Å²) in [5.41, 5.74) is 1.14. The molecule has 122 valence electrons. The van der Waals surface area contributed by atoms with Gasteiger partial charge in [-0.15, -0.1) is 0 Å². The summed E-state index contributed by atoms with van der Waals surface area (Å²) < 4.78 is 5.17. The van der Waals surface area contributed by atoms with Crippen LogP contribution in [0.2, 0.25) is 5.02 Å². The van der Waals surface area contributed by atoms with E-state index in [4.69, 9.17) is 16.3 Å². The SMILES string of the molecule is CCN(CC)C(=O)c1ccc(NCC2(CO)COC2)cc1Cl. The van der Waals surface area contributed by atoms with E-state index in [0.29, 0.717) is 43.4 Å². The number of nitrogens with zero attached hydrogens (tertiary/aromatic N) is 1. The van der Waals surface area contributed by atoms with Crippen LogP contribution in [0.3, 0.4) is 0 Å². The minimum atomic E-state index is -0.206. The molecule has 0 atom stereocenters. The van der Waals surface area contributed by atoms with E-state index in [1.807, 2.05) is 19.9 Å². The molecule has 6 heteroatoms. The van der Waals surface area contributed by atoms with Gasteiger partial charge < -0.3 is 20.1 Å². The van der Waals surface area contributed by atoms with Crippen molar-refractivity contribution in [2.45, 2.75) is 13.8 Å². The molecule has 1 saturated heterocycles. The van der Waals surface area contributed by atoms with Crippen LogP contribution < -0.4 is 5.32 Å². The van der Waals surface area contributed by atoms with Crippen molar-refractivity contribution in [2.24, 2.45) is 5.41 Å². The number of aliphatic hydroxyl groups is 1. The van der Waals surface area contributed by atoms with E-state index < -0.39 is 0 Å². The summed E-state index contributed by atoms with van der Waals surface area (Å²) in [5, 5.41) is 13.1. The smallest absolute Gasteiger partial charge is 0.255 e. The maximum absolute atomic E-state index is 12.3. The highest BCUT2D eigenvalue weighted by Crippen LogP contribution is 2.28. The number of carbonyl (C=O) groups excluding carboxylic acids is 1. The second kappa shape index (κ2) is 7.31. The number of hydrogen-bond acceptors (Lipinski definition) is 4. The van der Waals surface area contributed by atoms with Gasteiger partial charge in [-0.05, 0) is 32.0 Å². The molecule has 1 aliphatic rings. The van der Waals surface area contributed by atoms with Crippen molar-refractivity contribution >= 4 is 23.2 Å². The molecule has 1 amide bonds. The molecule has 1 aromatic rings. The molecular weight excluding hydrogens is 304 g/mol. The van der Waals surface area contributed by atoms with E-state index in [9.17, 15) is 9.90 Å². The Balaban J connectivity index is 2.04. The van der Waals surface area contributed by atoms with E-state index in [0.717, 1.165) is 5.69 Å². The average molecular weight is 327 g/mol. The van der Waals surface area contributed by atoms with Gasteiger partial charge in [0.05, 0.1) is 35.8 Å². The first-order valence-corrected chi connectivity index (χ1v) is 7.94. The van der Waals surface area contributed by atoms with Crippen molar-refractivity contribution in [1.29, 1.82) is 0 Å². The van der Waals surface area contributed by atoms with Gasteiger partial charge in [-0.25, -0.2) is 0 Å². The van der Waals surface area contributed by atoms with E-state index in [1.165, 1.54) is 0 Å². The fourth-order valence-electron chi connectivity index (χ4n) is 2.41. The zero-order valence-corrected chi connectivity index (χ0v) is 13.8. The maximum atomic E-state index is 12.3. The van der Waals surface area contributed by atoms with Gasteiger partial charge in [0.15, 0.2) is 0 Å². The summed E-state index contributed by atoms with van der Waals surface area (Å²) >= 11 is 6.25. The average Bonchev–Trinajstić information content (AvgIpc) is 2.48. The van der Waals surface area contributed by atoms with E-state index in [2.05, 4.69) is 5.32 Å². The van der Waals surface area contributed by atoms with Crippen molar-refractivity contribution < 1.29 is 14.6 Å². The monoisotopic (exact) mass is 326 g/mol. The molecule has 0 aliphatic carbocycles. The number of nitrogens with one attached hydrogen (secondary N) is 1. The Morgan fingerprint density at radius 1 is 1.41 bits per heavy atom. The molecule has 2 N–H and O–H groups in total. The number of anilines is 1. The van der Waals surface area contributed by atoms with Gasteiger partial charge in [0.2, 0.25) is 0 Å². The first kappa shape index (κ1) is 17.1. The zero-order chi connectivity index (χ0) is 16.2. The van der Waals surface area contributed by atoms with Gasteiger partial charge >= 0.3 is 0 Å². The summed E-state index contributed by atoms with van der Waals surface area (Å²) in [7, 11) is 0. The Morgan fingerprint density at radius 3 is 2.55 bits per heavy atom. The molecule has 0 saturated carbocycles. The molecular formula is C16H23ClN2O3. The third kappa shape index (κ3) is 3.54. The second-order valence-electron chi connectivity index (χ2n) is 5.68. The lowest BCUT2D eigenvalue weighted by molar-refractivity contribution is -0.128. The zero-order valence-electron chi connectivity index (χ0n) is 13.1. The minimum Gasteiger partial charge on any atom is -0.396 e. The highest BCUT2D eigenvalue weighted by Gasteiger charge is 2.37. The largest absolute Gasteiger partial charge is 0.396 e. The summed E-state index contributed by atoms with van der Waals surface area (Å²) in [6, 6.07) is 5.34. The fourth-order valence-corrected chi connectivity index (χ4v) is 2.67. The molecule has 1 aromatic carbocycles. The predicted molar refractivity (Wildman–Crippen MR) is 87.5 cm³/mol. The fraction of sp³-hybridized carbons (Fsp3) is 0.562. The Hall–Kier alpha value is -1.30. The number of amides is 1. The Morgan fingerprint density at radius 2 is 2.09 bits per heavy atom. The van der Waals surface area contributed by atoms with E-state index in [1.54, 1.807) is 17.0 Å². The third-order valence-electron chi connectivity index (χ3n) is 4.07. The Labute approximate surface area is 136 Å². The van der Waals surface area contributed by atoms with Crippen LogP contribution in [0.4, 0.5) is 5.69 Å². The number of aliphatic hydroxyl groups excluding tert-OH is 1. The lowest BCUT2D eigenvalue weighted by Crippen LogP contribution is -2.50. The van der Waals surface area contributed by atoms with Crippen molar-refractivity contribution in [2.75, 3.05) is 44.8 Å². The molecule has 0 radical (unpaired) electrons. The Bertz CT molecular complexity index is 523. The van der Waals surface area contributed by atoms with Gasteiger partial charge in [0, 0.05) is 25.3 Å². The molecule has 0 unspecified atom stereocenters. The second-order valence-corrected chi connectivity index (χ2v) is 6.08. The van der Waals surface area contributed by atoms with E-state index in [-0.39, 0.29) is 17.9 Å². The molecule has 5 nitrogen and oxygen atoms in total. The van der Waals surface area contributed by atoms with Gasteiger partial charge in [-0.3, -0.25) is 4.79 Å². The molecule has 22 heavy (non-hydrogen) atoms. The standard InChI is InChI=1S/C16H23ClN2O3/c1-3-19(4-2)15(21)13-6-5-12(7-14(13)17)18-8-16(9-20)10-22-11-16/h5-7,18,20H,3-4,8-11H2,1-2H3. The molecule has 2 rings (SSSR count). The van der Waals surface area contributed by atoms with Crippen LogP contribution in [-0.4, -0.2) is 55.4 Å². The summed E-state index contributed by atoms with van der Waals surface area (Å²) in [5.74, 6) is -0.0548. The maximum Gasteiger partial charge on any atom is 0.255 e. The molecule has 0 bridgehead atoms. The van der Waals surface area contributed by atoms with Crippen LogP contribution in [0.1, 0.15) is 24.2 Å². The number of carbonyl (C=O) groups is 1. The Kier molecular flexibility index (Phi) is 5.67. The van der Waals surface area contributed by atoms with Gasteiger partial charge in [-0.1, -0.05) is 11.6 Å². The summed E-state index contributed by atoms with van der Waals surface area (Å²) in [4.78, 5) is 14.1. The number of halogens is 1. The number of hydrogen-bond donors (Lipinski definition) is 2. The van der Waals surface area contributed by atoms with Crippen LogP contribution >= 0.6 is 11.6 Å². The van der Waals surface area contributed by atoms with E-state index >= 15 is 0 Å². The van der Waals surface area contributed by atoms with Gasteiger partial charge in [0.1, 0.15) is 0 Å². The molecule has 1 fully saturated rings. The number of rotatable bonds is 7. The van der Waals surface area contributed by atoms with Crippen molar-refractivity contribution in [3.8, 4) is 0 Å². The topological polar surface area (TPSA) is 61.8 Å². The summed E-state index contributed by atoms with van der Waals surface area (Å²) in [6.07, 6.45) is 0. The van der Waals surface area contributed by atoms with Crippen molar-refractivity contribution in [3.05, 3.63) is 28.8 Å². The van der Waals surface area contributed by atoms with Gasteiger partial charge in [-0.2, -0.15) is 0 Å². The normalized spacial score (nSPS) is 16.0. The first-order valence-electron chi connectivity index (χ1n) is 7.56. The van der Waals surface area contributed by atoms with Gasteiger partial charge in [0.25, 0.3) is 5.91 Å². The number of ether oxygens (including phenoxy) is 1. The first-order chi connectivity index (χ1) is 10.5. The van der Waals surface area contributed by atoms with Crippen LogP contribution in [0.25, 0.3) is 0 Å². The highest BCUT2D eigenvalue weighted by molar-refractivity contribution is 6.34.